The van der Waals surface area contributed by atoms with E-state index in [9.17, 15) is 0 Å². The summed E-state index contributed by atoms with van der Waals surface area (Å²) in [6.45, 7) is 12.7. The fourth-order valence-corrected chi connectivity index (χ4v) is 4.20. The molecule has 2 rings (SSSR count). The first-order valence-corrected chi connectivity index (χ1v) is 8.76. The largest absolute Gasteiger partial charge is 0.311 e. The number of hydrogen-bond acceptors (Lipinski definition) is 1. The maximum Gasteiger partial charge on any atom is 0.0109 e. The molecule has 0 aromatic heterocycles. The zero-order valence-electron chi connectivity index (χ0n) is 14.6. The summed E-state index contributed by atoms with van der Waals surface area (Å²) in [5.41, 5.74) is 3.73. The van der Waals surface area contributed by atoms with Crippen LogP contribution in [0.25, 0.3) is 0 Å². The summed E-state index contributed by atoms with van der Waals surface area (Å²) in [6.07, 6.45) is 6.47. The van der Waals surface area contributed by atoms with E-state index in [1.54, 1.807) is 11.1 Å². The molecule has 1 unspecified atom stereocenters. The van der Waals surface area contributed by atoms with Gasteiger partial charge in [-0.3, -0.25) is 0 Å². The van der Waals surface area contributed by atoms with Crippen LogP contribution in [0, 0.1) is 5.92 Å². The SMILES string of the molecule is CCC(CC)C1(CNC(C)(C)C)CCCc2ccccc21. The maximum absolute atomic E-state index is 3.82. The minimum atomic E-state index is 0.186. The molecule has 1 aromatic carbocycles. The Bertz CT molecular complexity index is 453. The van der Waals surface area contributed by atoms with Gasteiger partial charge in [-0.15, -0.1) is 0 Å². The lowest BCUT2D eigenvalue weighted by molar-refractivity contribution is 0.192. The Kier molecular flexibility index (Phi) is 5.14. The van der Waals surface area contributed by atoms with Crippen molar-refractivity contribution in [2.75, 3.05) is 6.54 Å². The van der Waals surface area contributed by atoms with Crippen molar-refractivity contribution in [3.05, 3.63) is 35.4 Å². The topological polar surface area (TPSA) is 12.0 Å². The fourth-order valence-electron chi connectivity index (χ4n) is 4.20. The minimum Gasteiger partial charge on any atom is -0.311 e. The second kappa shape index (κ2) is 6.52. The van der Waals surface area contributed by atoms with Crippen LogP contribution < -0.4 is 5.32 Å². The van der Waals surface area contributed by atoms with E-state index in [1.807, 2.05) is 0 Å². The number of nitrogens with one attached hydrogen (secondary N) is 1. The second-order valence-corrected chi connectivity index (χ2v) is 7.78. The molecule has 0 bridgehead atoms. The number of rotatable bonds is 5. The predicted molar refractivity (Wildman–Crippen MR) is 92.9 cm³/mol. The van der Waals surface area contributed by atoms with Crippen LogP contribution >= 0.6 is 0 Å². The molecule has 1 nitrogen and oxygen atoms in total. The van der Waals surface area contributed by atoms with Crippen LogP contribution in [0.5, 0.6) is 0 Å². The molecule has 0 fully saturated rings. The van der Waals surface area contributed by atoms with Gasteiger partial charge in [-0.25, -0.2) is 0 Å². The van der Waals surface area contributed by atoms with E-state index in [2.05, 4.69) is 64.2 Å². The van der Waals surface area contributed by atoms with Crippen molar-refractivity contribution < 1.29 is 0 Å². The zero-order chi connectivity index (χ0) is 15.5. The Morgan fingerprint density at radius 1 is 1.14 bits per heavy atom. The van der Waals surface area contributed by atoms with Gasteiger partial charge < -0.3 is 5.32 Å². The van der Waals surface area contributed by atoms with Gasteiger partial charge >= 0.3 is 0 Å². The van der Waals surface area contributed by atoms with Gasteiger partial charge in [-0.2, -0.15) is 0 Å². The average Bonchev–Trinajstić information content (AvgIpc) is 2.46. The molecule has 0 spiro atoms. The number of hydrogen-bond donors (Lipinski definition) is 1. The third-order valence-corrected chi connectivity index (χ3v) is 5.32. The first-order chi connectivity index (χ1) is 9.93. The highest BCUT2D eigenvalue weighted by Crippen LogP contribution is 2.45. The van der Waals surface area contributed by atoms with Gasteiger partial charge in [0, 0.05) is 17.5 Å². The Hall–Kier alpha value is -0.820. The Morgan fingerprint density at radius 2 is 1.81 bits per heavy atom. The lowest BCUT2D eigenvalue weighted by Crippen LogP contribution is -2.51. The molecule has 1 aliphatic rings. The Balaban J connectivity index is 2.42. The van der Waals surface area contributed by atoms with Gasteiger partial charge in [0.1, 0.15) is 0 Å². The molecular weight excluding hydrogens is 254 g/mol. The van der Waals surface area contributed by atoms with Gasteiger partial charge in [-0.1, -0.05) is 51.0 Å². The van der Waals surface area contributed by atoms with Gasteiger partial charge in [0.2, 0.25) is 0 Å². The molecule has 1 aliphatic carbocycles. The summed E-state index contributed by atoms with van der Waals surface area (Å²) in [6, 6.07) is 9.19. The fraction of sp³-hybridized carbons (Fsp3) is 0.700. The van der Waals surface area contributed by atoms with Crippen molar-refractivity contribution in [2.45, 2.75) is 77.7 Å². The van der Waals surface area contributed by atoms with Gasteiger partial charge in [0.25, 0.3) is 0 Å². The third kappa shape index (κ3) is 3.51. The molecule has 1 aromatic rings. The van der Waals surface area contributed by atoms with E-state index in [-0.39, 0.29) is 5.54 Å². The quantitative estimate of drug-likeness (QED) is 0.796. The first-order valence-electron chi connectivity index (χ1n) is 8.76. The second-order valence-electron chi connectivity index (χ2n) is 7.78. The minimum absolute atomic E-state index is 0.186. The number of aryl methyl sites for hydroxylation is 1. The normalized spacial score (nSPS) is 22.4. The van der Waals surface area contributed by atoms with Crippen LogP contribution in [0.1, 0.15) is 71.4 Å². The van der Waals surface area contributed by atoms with Crippen molar-refractivity contribution >= 4 is 0 Å². The molecule has 1 atom stereocenters. The molecule has 0 saturated carbocycles. The van der Waals surface area contributed by atoms with Crippen LogP contribution in [-0.4, -0.2) is 12.1 Å². The van der Waals surface area contributed by atoms with Crippen molar-refractivity contribution in [1.29, 1.82) is 0 Å². The molecule has 0 heterocycles. The van der Waals surface area contributed by atoms with Crippen molar-refractivity contribution in [3.8, 4) is 0 Å². The number of benzene rings is 1. The standard InChI is InChI=1S/C20H33N/c1-6-17(7-2)20(15-21-19(3,4)5)14-10-12-16-11-8-9-13-18(16)20/h8-9,11,13,17,21H,6-7,10,12,14-15H2,1-5H3. The van der Waals surface area contributed by atoms with Crippen molar-refractivity contribution in [1.82, 2.24) is 5.32 Å². The van der Waals surface area contributed by atoms with Crippen LogP contribution in [0.3, 0.4) is 0 Å². The Labute approximate surface area is 131 Å². The van der Waals surface area contributed by atoms with Crippen molar-refractivity contribution in [2.24, 2.45) is 5.92 Å². The van der Waals surface area contributed by atoms with Crippen LogP contribution in [-0.2, 0) is 11.8 Å². The van der Waals surface area contributed by atoms with Gasteiger partial charge in [-0.05, 0) is 57.1 Å². The molecule has 1 heteroatoms. The summed E-state index contributed by atoms with van der Waals surface area (Å²) in [7, 11) is 0. The highest BCUT2D eigenvalue weighted by Gasteiger charge is 2.41. The van der Waals surface area contributed by atoms with Gasteiger partial charge in [0.05, 0.1) is 0 Å². The zero-order valence-corrected chi connectivity index (χ0v) is 14.6. The molecule has 118 valence electrons. The Morgan fingerprint density at radius 3 is 2.43 bits per heavy atom. The molecule has 0 amide bonds. The number of fused-ring (bicyclic) bond motifs is 1. The van der Waals surface area contributed by atoms with E-state index < -0.39 is 0 Å². The lowest BCUT2D eigenvalue weighted by Gasteiger charge is -2.46. The van der Waals surface area contributed by atoms with Crippen LogP contribution in [0.15, 0.2) is 24.3 Å². The highest BCUT2D eigenvalue weighted by atomic mass is 15.0. The summed E-state index contributed by atoms with van der Waals surface area (Å²) >= 11 is 0. The lowest BCUT2D eigenvalue weighted by atomic mass is 9.61. The maximum atomic E-state index is 3.82. The van der Waals surface area contributed by atoms with E-state index >= 15 is 0 Å². The van der Waals surface area contributed by atoms with Gasteiger partial charge in [0.15, 0.2) is 0 Å². The molecule has 21 heavy (non-hydrogen) atoms. The van der Waals surface area contributed by atoms with E-state index in [0.717, 1.165) is 12.5 Å². The van der Waals surface area contributed by atoms with Crippen LogP contribution in [0.4, 0.5) is 0 Å². The molecule has 0 saturated heterocycles. The summed E-state index contributed by atoms with van der Waals surface area (Å²) in [4.78, 5) is 0. The van der Waals surface area contributed by atoms with E-state index in [1.165, 1.54) is 32.1 Å². The van der Waals surface area contributed by atoms with E-state index in [0.29, 0.717) is 5.41 Å². The summed E-state index contributed by atoms with van der Waals surface area (Å²) in [5, 5.41) is 3.82. The molecule has 0 radical (unpaired) electrons. The van der Waals surface area contributed by atoms with Crippen molar-refractivity contribution in [3.63, 3.8) is 0 Å². The summed E-state index contributed by atoms with van der Waals surface area (Å²) in [5.74, 6) is 0.772. The third-order valence-electron chi connectivity index (χ3n) is 5.32. The monoisotopic (exact) mass is 287 g/mol. The summed E-state index contributed by atoms with van der Waals surface area (Å²) < 4.78 is 0. The van der Waals surface area contributed by atoms with Crippen LogP contribution in [0.2, 0.25) is 0 Å². The first kappa shape index (κ1) is 16.5. The van der Waals surface area contributed by atoms with E-state index in [4.69, 9.17) is 0 Å². The highest BCUT2D eigenvalue weighted by molar-refractivity contribution is 5.38. The molecular formula is C20H33N. The molecule has 0 aliphatic heterocycles. The predicted octanol–water partition coefficient (Wildman–Crippen LogP) is 5.09. The molecule has 1 N–H and O–H groups in total. The average molecular weight is 287 g/mol. The smallest absolute Gasteiger partial charge is 0.0109 e.